The molecule has 21 heavy (non-hydrogen) atoms. The molecule has 0 saturated carbocycles. The third-order valence-corrected chi connectivity index (χ3v) is 4.33. The van der Waals surface area contributed by atoms with E-state index in [2.05, 4.69) is 57.6 Å². The summed E-state index contributed by atoms with van der Waals surface area (Å²) in [6.45, 7) is 0. The van der Waals surface area contributed by atoms with Gasteiger partial charge in [0.15, 0.2) is 0 Å². The van der Waals surface area contributed by atoms with Gasteiger partial charge < -0.3 is 4.98 Å². The monoisotopic (exact) mass is 291 g/mol. The third-order valence-electron chi connectivity index (χ3n) is 3.60. The van der Waals surface area contributed by atoms with Crippen LogP contribution in [0.2, 0.25) is 0 Å². The first-order valence-electron chi connectivity index (χ1n) is 6.71. The predicted octanol–water partition coefficient (Wildman–Crippen LogP) is 4.50. The van der Waals surface area contributed by atoms with Crippen molar-refractivity contribution in [1.82, 2.24) is 15.0 Å². The number of pyridine rings is 1. The van der Waals surface area contributed by atoms with Crippen LogP contribution in [0.5, 0.6) is 0 Å². The first kappa shape index (κ1) is 12.4. The largest absolute Gasteiger partial charge is 0.337 e. The summed E-state index contributed by atoms with van der Waals surface area (Å²) in [5, 5.41) is 2.48. The van der Waals surface area contributed by atoms with Gasteiger partial charge in [0, 0.05) is 16.7 Å². The van der Waals surface area contributed by atoms with Gasteiger partial charge in [-0.15, -0.1) is 11.8 Å². The molecule has 0 bridgehead atoms. The van der Waals surface area contributed by atoms with Gasteiger partial charge in [0.1, 0.15) is 5.82 Å². The summed E-state index contributed by atoms with van der Waals surface area (Å²) in [6.07, 6.45) is 5.66. The zero-order valence-corrected chi connectivity index (χ0v) is 12.3. The molecule has 0 saturated heterocycles. The zero-order chi connectivity index (χ0) is 14.2. The molecule has 4 aromatic rings. The van der Waals surface area contributed by atoms with Gasteiger partial charge in [-0.25, -0.2) is 4.98 Å². The Morgan fingerprint density at radius 1 is 1.00 bits per heavy atom. The van der Waals surface area contributed by atoms with E-state index in [1.165, 1.54) is 15.7 Å². The Bertz CT molecular complexity index is 910. The molecule has 0 unspecified atom stereocenters. The van der Waals surface area contributed by atoms with Crippen LogP contribution in [0.4, 0.5) is 0 Å². The first-order valence-corrected chi connectivity index (χ1v) is 7.94. The highest BCUT2D eigenvalue weighted by Crippen LogP contribution is 2.27. The number of rotatable bonds is 2. The van der Waals surface area contributed by atoms with Crippen LogP contribution in [0, 0.1) is 0 Å². The van der Waals surface area contributed by atoms with Crippen LogP contribution in [-0.2, 0) is 0 Å². The summed E-state index contributed by atoms with van der Waals surface area (Å²) in [5.74, 6) is 0.883. The topological polar surface area (TPSA) is 41.6 Å². The number of aromatic amines is 1. The van der Waals surface area contributed by atoms with E-state index < -0.39 is 0 Å². The number of H-pyrrole nitrogens is 1. The summed E-state index contributed by atoms with van der Waals surface area (Å²) < 4.78 is 0. The molecule has 2 aromatic carbocycles. The van der Waals surface area contributed by atoms with Crippen LogP contribution in [0.25, 0.3) is 33.2 Å². The van der Waals surface area contributed by atoms with Crippen LogP contribution >= 0.6 is 11.8 Å². The number of benzene rings is 2. The Hall–Kier alpha value is -2.33. The Morgan fingerprint density at radius 3 is 2.71 bits per heavy atom. The van der Waals surface area contributed by atoms with Crippen LogP contribution in [0.1, 0.15) is 0 Å². The second kappa shape index (κ2) is 4.90. The van der Waals surface area contributed by atoms with E-state index in [9.17, 15) is 0 Å². The second-order valence-electron chi connectivity index (χ2n) is 4.91. The van der Waals surface area contributed by atoms with E-state index in [1.54, 1.807) is 24.2 Å². The third kappa shape index (κ3) is 2.17. The number of aromatic nitrogens is 3. The number of hydrogen-bond acceptors (Lipinski definition) is 3. The molecule has 0 aliphatic rings. The van der Waals surface area contributed by atoms with E-state index in [0.29, 0.717) is 0 Å². The average Bonchev–Trinajstić information content (AvgIpc) is 2.98. The zero-order valence-electron chi connectivity index (χ0n) is 11.5. The molecule has 1 N–H and O–H groups in total. The summed E-state index contributed by atoms with van der Waals surface area (Å²) in [5.41, 5.74) is 3.00. The lowest BCUT2D eigenvalue weighted by atomic mass is 10.1. The summed E-state index contributed by atoms with van der Waals surface area (Å²) >= 11 is 1.76. The van der Waals surface area contributed by atoms with Crippen LogP contribution in [-0.4, -0.2) is 21.2 Å². The molecule has 2 aromatic heterocycles. The first-order chi connectivity index (χ1) is 10.3. The molecule has 0 amide bonds. The number of thioether (sulfide) groups is 1. The summed E-state index contributed by atoms with van der Waals surface area (Å²) in [4.78, 5) is 13.3. The van der Waals surface area contributed by atoms with Crippen molar-refractivity contribution < 1.29 is 0 Å². The number of nitrogens with one attached hydrogen (secondary N) is 1. The molecular weight excluding hydrogens is 278 g/mol. The SMILES string of the molecule is CSc1ccc2cc(-c3nc4ccncc4[nH]3)ccc2c1. The van der Waals surface area contributed by atoms with Crippen LogP contribution < -0.4 is 0 Å². The fraction of sp³-hybridized carbons (Fsp3) is 0.0588. The van der Waals surface area contributed by atoms with Crippen molar-refractivity contribution in [2.24, 2.45) is 0 Å². The van der Waals surface area contributed by atoms with E-state index in [0.717, 1.165) is 22.4 Å². The minimum Gasteiger partial charge on any atom is -0.337 e. The molecule has 4 rings (SSSR count). The quantitative estimate of drug-likeness (QED) is 0.553. The molecule has 102 valence electrons. The van der Waals surface area contributed by atoms with Crippen molar-refractivity contribution in [1.29, 1.82) is 0 Å². The average molecular weight is 291 g/mol. The number of imidazole rings is 1. The van der Waals surface area contributed by atoms with Gasteiger partial charge in [0.05, 0.1) is 17.2 Å². The molecule has 0 atom stereocenters. The standard InChI is InChI=1S/C17H13N3S/c1-21-14-5-4-11-8-13(3-2-12(11)9-14)17-19-15-6-7-18-10-16(15)20-17/h2-10H,1H3,(H,19,20). The van der Waals surface area contributed by atoms with Crippen LogP contribution in [0.15, 0.2) is 59.8 Å². The number of nitrogens with zero attached hydrogens (tertiary/aromatic N) is 2. The number of hydrogen-bond donors (Lipinski definition) is 1. The lowest BCUT2D eigenvalue weighted by molar-refractivity contribution is 1.33. The normalized spacial score (nSPS) is 11.3. The smallest absolute Gasteiger partial charge is 0.138 e. The maximum atomic E-state index is 4.62. The molecule has 0 radical (unpaired) electrons. The van der Waals surface area contributed by atoms with E-state index in [4.69, 9.17) is 0 Å². The molecule has 4 heteroatoms. The highest BCUT2D eigenvalue weighted by molar-refractivity contribution is 7.98. The number of fused-ring (bicyclic) bond motifs is 2. The molecule has 2 heterocycles. The molecule has 3 nitrogen and oxygen atoms in total. The van der Waals surface area contributed by atoms with Gasteiger partial charge in [-0.3, -0.25) is 4.98 Å². The second-order valence-corrected chi connectivity index (χ2v) is 5.79. The van der Waals surface area contributed by atoms with Gasteiger partial charge in [0.25, 0.3) is 0 Å². The highest BCUT2D eigenvalue weighted by atomic mass is 32.2. The Kier molecular flexibility index (Phi) is 2.89. The van der Waals surface area contributed by atoms with Gasteiger partial charge >= 0.3 is 0 Å². The van der Waals surface area contributed by atoms with Gasteiger partial charge in [0.2, 0.25) is 0 Å². The van der Waals surface area contributed by atoms with Crippen molar-refractivity contribution in [2.45, 2.75) is 4.90 Å². The minimum absolute atomic E-state index is 0.883. The van der Waals surface area contributed by atoms with E-state index in [1.807, 2.05) is 6.07 Å². The fourth-order valence-electron chi connectivity index (χ4n) is 2.49. The maximum absolute atomic E-state index is 4.62. The predicted molar refractivity (Wildman–Crippen MR) is 88.6 cm³/mol. The summed E-state index contributed by atoms with van der Waals surface area (Å²) in [7, 11) is 0. The molecule has 0 spiro atoms. The van der Waals surface area contributed by atoms with Crippen molar-refractivity contribution in [3.05, 3.63) is 54.9 Å². The molecule has 0 aliphatic heterocycles. The van der Waals surface area contributed by atoms with Gasteiger partial charge in [-0.05, 0) is 41.3 Å². The Labute approximate surface area is 126 Å². The highest BCUT2D eigenvalue weighted by Gasteiger charge is 2.06. The lowest BCUT2D eigenvalue weighted by Gasteiger charge is -2.03. The van der Waals surface area contributed by atoms with Gasteiger partial charge in [-0.2, -0.15) is 0 Å². The van der Waals surface area contributed by atoms with Crippen LogP contribution in [0.3, 0.4) is 0 Å². The summed E-state index contributed by atoms with van der Waals surface area (Å²) in [6, 6.07) is 14.9. The Morgan fingerprint density at radius 2 is 1.86 bits per heavy atom. The van der Waals surface area contributed by atoms with Gasteiger partial charge in [-0.1, -0.05) is 18.2 Å². The van der Waals surface area contributed by atoms with Crippen molar-refractivity contribution in [2.75, 3.05) is 6.26 Å². The van der Waals surface area contributed by atoms with E-state index >= 15 is 0 Å². The van der Waals surface area contributed by atoms with E-state index in [-0.39, 0.29) is 0 Å². The molecular formula is C17H13N3S. The van der Waals surface area contributed by atoms with Crippen molar-refractivity contribution >= 4 is 33.6 Å². The lowest BCUT2D eigenvalue weighted by Crippen LogP contribution is -1.82. The minimum atomic E-state index is 0.883. The van der Waals surface area contributed by atoms with Crippen molar-refractivity contribution in [3.8, 4) is 11.4 Å². The molecule has 0 aliphatic carbocycles. The Balaban J connectivity index is 1.86. The molecule has 0 fully saturated rings. The fourth-order valence-corrected chi connectivity index (χ4v) is 2.94. The maximum Gasteiger partial charge on any atom is 0.138 e. The van der Waals surface area contributed by atoms with Crippen molar-refractivity contribution in [3.63, 3.8) is 0 Å².